The number of alkyl halides is 3. The van der Waals surface area contributed by atoms with Crippen LogP contribution in [0.2, 0.25) is 0 Å². The molecule has 0 radical (unpaired) electrons. The molecule has 0 saturated heterocycles. The summed E-state index contributed by atoms with van der Waals surface area (Å²) >= 11 is 0. The maximum absolute atomic E-state index is 11.4. The average molecular weight is 142 g/mol. The van der Waals surface area contributed by atoms with E-state index in [1.807, 2.05) is 0 Å². The van der Waals surface area contributed by atoms with E-state index in [1.165, 1.54) is 0 Å². The SMILES string of the molecule is CO[C@@H](C=O)C(F)(F)F. The van der Waals surface area contributed by atoms with Gasteiger partial charge < -0.3 is 9.53 Å². The molecule has 0 N–H and O–H groups in total. The topological polar surface area (TPSA) is 26.3 Å². The van der Waals surface area contributed by atoms with Gasteiger partial charge in [-0.1, -0.05) is 0 Å². The minimum Gasteiger partial charge on any atom is -0.365 e. The van der Waals surface area contributed by atoms with Crippen LogP contribution in [0.15, 0.2) is 0 Å². The van der Waals surface area contributed by atoms with Crippen LogP contribution in [0, 0.1) is 0 Å². The molecule has 0 aliphatic carbocycles. The Bertz CT molecular complexity index is 98.5. The number of methoxy groups -OCH3 is 1. The van der Waals surface area contributed by atoms with E-state index in [4.69, 9.17) is 0 Å². The van der Waals surface area contributed by atoms with Crippen LogP contribution in [0.5, 0.6) is 0 Å². The number of carbonyl (C=O) groups is 1. The fourth-order valence-electron chi connectivity index (χ4n) is 0.266. The summed E-state index contributed by atoms with van der Waals surface area (Å²) < 4.78 is 37.9. The Morgan fingerprint density at radius 3 is 2.00 bits per heavy atom. The summed E-state index contributed by atoms with van der Waals surface area (Å²) in [4.78, 5) is 9.54. The first-order valence-electron chi connectivity index (χ1n) is 2.07. The molecule has 0 spiro atoms. The largest absolute Gasteiger partial charge is 0.421 e. The number of aldehydes is 1. The third-order valence-corrected chi connectivity index (χ3v) is 0.700. The molecular formula is C4H5F3O2. The van der Waals surface area contributed by atoms with Gasteiger partial charge in [0.15, 0.2) is 6.29 Å². The molecule has 0 aliphatic heterocycles. The van der Waals surface area contributed by atoms with Crippen LogP contribution in [0.3, 0.4) is 0 Å². The summed E-state index contributed by atoms with van der Waals surface area (Å²) in [6, 6.07) is 0. The van der Waals surface area contributed by atoms with Gasteiger partial charge >= 0.3 is 6.18 Å². The van der Waals surface area contributed by atoms with Crippen LogP contribution in [-0.2, 0) is 9.53 Å². The van der Waals surface area contributed by atoms with Gasteiger partial charge in [0, 0.05) is 7.11 Å². The summed E-state index contributed by atoms with van der Waals surface area (Å²) in [6.07, 6.45) is -7.14. The zero-order chi connectivity index (χ0) is 7.49. The van der Waals surface area contributed by atoms with E-state index in [2.05, 4.69) is 4.74 Å². The van der Waals surface area contributed by atoms with E-state index in [0.29, 0.717) is 0 Å². The molecule has 0 fully saturated rings. The van der Waals surface area contributed by atoms with Crippen molar-refractivity contribution in [3.63, 3.8) is 0 Å². The number of hydrogen-bond acceptors (Lipinski definition) is 2. The Morgan fingerprint density at radius 2 is 2.00 bits per heavy atom. The van der Waals surface area contributed by atoms with Crippen molar-refractivity contribution in [3.8, 4) is 0 Å². The van der Waals surface area contributed by atoms with Gasteiger partial charge in [0.1, 0.15) is 0 Å². The minimum absolute atomic E-state index is 0.292. The molecule has 0 saturated carbocycles. The maximum atomic E-state index is 11.4. The lowest BCUT2D eigenvalue weighted by molar-refractivity contribution is -0.204. The van der Waals surface area contributed by atoms with Crippen LogP contribution in [0.1, 0.15) is 0 Å². The highest BCUT2D eigenvalue weighted by atomic mass is 19.4. The predicted molar refractivity (Wildman–Crippen MR) is 22.9 cm³/mol. The van der Waals surface area contributed by atoms with Crippen molar-refractivity contribution in [3.05, 3.63) is 0 Å². The molecular weight excluding hydrogens is 137 g/mol. The van der Waals surface area contributed by atoms with E-state index >= 15 is 0 Å². The summed E-state index contributed by atoms with van der Waals surface area (Å²) in [5.74, 6) is 0. The Hall–Kier alpha value is -0.580. The molecule has 5 heteroatoms. The lowest BCUT2D eigenvalue weighted by Crippen LogP contribution is -2.31. The fraction of sp³-hybridized carbons (Fsp3) is 0.750. The summed E-state index contributed by atoms with van der Waals surface area (Å²) in [5, 5.41) is 0. The number of rotatable bonds is 2. The average Bonchev–Trinajstić information content (AvgIpc) is 1.65. The Kier molecular flexibility index (Phi) is 2.64. The highest BCUT2D eigenvalue weighted by molar-refractivity contribution is 5.57. The van der Waals surface area contributed by atoms with Crippen LogP contribution in [0.25, 0.3) is 0 Å². The molecule has 0 aromatic carbocycles. The van der Waals surface area contributed by atoms with E-state index in [-0.39, 0.29) is 6.29 Å². The van der Waals surface area contributed by atoms with Crippen molar-refractivity contribution >= 4 is 6.29 Å². The van der Waals surface area contributed by atoms with Gasteiger partial charge in [0.25, 0.3) is 0 Å². The molecule has 0 bridgehead atoms. The second-order valence-corrected chi connectivity index (χ2v) is 1.33. The van der Waals surface area contributed by atoms with Gasteiger partial charge in [0.2, 0.25) is 6.10 Å². The van der Waals surface area contributed by atoms with Gasteiger partial charge in [-0.25, -0.2) is 0 Å². The first-order chi connectivity index (χ1) is 4.02. The molecule has 9 heavy (non-hydrogen) atoms. The molecule has 0 unspecified atom stereocenters. The van der Waals surface area contributed by atoms with Gasteiger partial charge in [-0.05, 0) is 0 Å². The zero-order valence-corrected chi connectivity index (χ0v) is 4.61. The maximum Gasteiger partial charge on any atom is 0.421 e. The lowest BCUT2D eigenvalue weighted by atomic mass is 10.4. The highest BCUT2D eigenvalue weighted by Gasteiger charge is 2.39. The van der Waals surface area contributed by atoms with Crippen LogP contribution < -0.4 is 0 Å². The Balaban J connectivity index is 3.94. The summed E-state index contributed by atoms with van der Waals surface area (Å²) in [6.45, 7) is 0. The van der Waals surface area contributed by atoms with Gasteiger partial charge in [-0.2, -0.15) is 13.2 Å². The van der Waals surface area contributed by atoms with E-state index in [1.54, 1.807) is 0 Å². The summed E-state index contributed by atoms with van der Waals surface area (Å²) in [7, 11) is 0.826. The van der Waals surface area contributed by atoms with E-state index in [0.717, 1.165) is 7.11 Å². The number of hydrogen-bond donors (Lipinski definition) is 0. The monoisotopic (exact) mass is 142 g/mol. The van der Waals surface area contributed by atoms with Crippen LogP contribution in [-0.4, -0.2) is 25.7 Å². The quantitative estimate of drug-likeness (QED) is 0.532. The van der Waals surface area contributed by atoms with Crippen molar-refractivity contribution in [1.29, 1.82) is 0 Å². The van der Waals surface area contributed by atoms with Crippen molar-refractivity contribution < 1.29 is 22.7 Å². The Morgan fingerprint density at radius 1 is 1.56 bits per heavy atom. The first kappa shape index (κ1) is 8.42. The van der Waals surface area contributed by atoms with Gasteiger partial charge in [0.05, 0.1) is 0 Å². The van der Waals surface area contributed by atoms with Crippen LogP contribution in [0.4, 0.5) is 13.2 Å². The molecule has 0 heterocycles. The molecule has 1 atom stereocenters. The fourth-order valence-corrected chi connectivity index (χ4v) is 0.266. The number of halogens is 3. The first-order valence-corrected chi connectivity index (χ1v) is 2.07. The molecule has 54 valence electrons. The smallest absolute Gasteiger partial charge is 0.365 e. The lowest BCUT2D eigenvalue weighted by Gasteiger charge is -2.10. The summed E-state index contributed by atoms with van der Waals surface area (Å²) in [5.41, 5.74) is 0. The second kappa shape index (κ2) is 2.82. The molecule has 0 amide bonds. The normalized spacial score (nSPS) is 15.1. The minimum atomic E-state index is -4.57. The standard InChI is InChI=1S/C4H5F3O2/c1-9-3(2-8)4(5,6)7/h2-3H,1H3/t3-/m0/s1. The molecule has 0 aromatic heterocycles. The van der Waals surface area contributed by atoms with Gasteiger partial charge in [-0.3, -0.25) is 0 Å². The van der Waals surface area contributed by atoms with Gasteiger partial charge in [-0.15, -0.1) is 0 Å². The van der Waals surface area contributed by atoms with E-state index in [9.17, 15) is 18.0 Å². The third-order valence-electron chi connectivity index (χ3n) is 0.700. The number of carbonyl (C=O) groups excluding carboxylic acids is 1. The van der Waals surface area contributed by atoms with Crippen molar-refractivity contribution in [1.82, 2.24) is 0 Å². The third kappa shape index (κ3) is 2.46. The number of ether oxygens (including phenoxy) is 1. The second-order valence-electron chi connectivity index (χ2n) is 1.33. The molecule has 0 aliphatic rings. The highest BCUT2D eigenvalue weighted by Crippen LogP contribution is 2.20. The van der Waals surface area contributed by atoms with Crippen LogP contribution >= 0.6 is 0 Å². The molecule has 2 nitrogen and oxygen atoms in total. The van der Waals surface area contributed by atoms with Crippen molar-refractivity contribution in [2.75, 3.05) is 7.11 Å². The Labute approximate surface area is 49.6 Å². The van der Waals surface area contributed by atoms with Crippen molar-refractivity contribution in [2.24, 2.45) is 0 Å². The zero-order valence-electron chi connectivity index (χ0n) is 4.61. The predicted octanol–water partition coefficient (Wildman–Crippen LogP) is 0.763. The molecule has 0 rings (SSSR count). The van der Waals surface area contributed by atoms with Crippen molar-refractivity contribution in [2.45, 2.75) is 12.3 Å². The van der Waals surface area contributed by atoms with E-state index < -0.39 is 12.3 Å². The molecule has 0 aromatic rings.